The zero-order valence-corrected chi connectivity index (χ0v) is 11.6. The number of hydrogen-bond donors (Lipinski definition) is 2. The zero-order valence-electron chi connectivity index (χ0n) is 11.6. The highest BCUT2D eigenvalue weighted by Gasteiger charge is 2.10. The monoisotopic (exact) mass is 281 g/mol. The van der Waals surface area contributed by atoms with Crippen molar-refractivity contribution in [2.24, 2.45) is 0 Å². The van der Waals surface area contributed by atoms with Gasteiger partial charge in [0.05, 0.1) is 16.6 Å². The van der Waals surface area contributed by atoms with Crippen molar-refractivity contribution in [3.05, 3.63) is 54.4 Å². The number of benzene rings is 1. The number of nitrogens with zero attached hydrogens (tertiary/aromatic N) is 3. The number of anilines is 1. The van der Waals surface area contributed by atoms with E-state index in [-0.39, 0.29) is 5.91 Å². The average Bonchev–Trinajstić information content (AvgIpc) is 2.91. The van der Waals surface area contributed by atoms with E-state index in [1.165, 1.54) is 6.20 Å². The predicted molar refractivity (Wildman–Crippen MR) is 80.7 cm³/mol. The lowest BCUT2D eigenvalue weighted by molar-refractivity contribution is 0.0962. The minimum atomic E-state index is -0.252. The second-order valence-corrected chi connectivity index (χ2v) is 4.49. The third-order valence-electron chi connectivity index (χ3n) is 3.18. The Kier molecular flexibility index (Phi) is 3.51. The summed E-state index contributed by atoms with van der Waals surface area (Å²) in [5.74, 6) is 0.355. The Morgan fingerprint density at radius 1 is 1.24 bits per heavy atom. The Hall–Kier alpha value is -2.89. The van der Waals surface area contributed by atoms with E-state index in [1.54, 1.807) is 18.3 Å². The normalized spacial score (nSPS) is 10.5. The van der Waals surface area contributed by atoms with Crippen molar-refractivity contribution >= 4 is 22.9 Å². The molecule has 6 heteroatoms. The first-order valence-electron chi connectivity index (χ1n) is 6.71. The summed E-state index contributed by atoms with van der Waals surface area (Å²) < 4.78 is 2.00. The molecule has 21 heavy (non-hydrogen) atoms. The summed E-state index contributed by atoms with van der Waals surface area (Å²) in [4.78, 5) is 20.4. The van der Waals surface area contributed by atoms with Gasteiger partial charge in [0, 0.05) is 18.9 Å². The van der Waals surface area contributed by atoms with Crippen LogP contribution in [0.15, 0.2) is 48.8 Å². The first kappa shape index (κ1) is 13.1. The number of hydrogen-bond acceptors (Lipinski definition) is 4. The number of para-hydroxylation sites is 2. The highest BCUT2D eigenvalue weighted by molar-refractivity contribution is 5.94. The van der Waals surface area contributed by atoms with Gasteiger partial charge in [-0.3, -0.25) is 20.6 Å². The van der Waals surface area contributed by atoms with Gasteiger partial charge in [0.15, 0.2) is 0 Å². The van der Waals surface area contributed by atoms with Gasteiger partial charge >= 0.3 is 0 Å². The van der Waals surface area contributed by atoms with E-state index < -0.39 is 0 Å². The van der Waals surface area contributed by atoms with Crippen molar-refractivity contribution in [3.8, 4) is 0 Å². The van der Waals surface area contributed by atoms with Gasteiger partial charge in [-0.1, -0.05) is 12.1 Å². The molecule has 0 aliphatic rings. The number of amides is 1. The maximum Gasteiger partial charge on any atom is 0.271 e. The summed E-state index contributed by atoms with van der Waals surface area (Å²) in [7, 11) is 0. The van der Waals surface area contributed by atoms with Gasteiger partial charge in [-0.05, 0) is 31.2 Å². The van der Waals surface area contributed by atoms with E-state index in [0.717, 1.165) is 17.6 Å². The molecular formula is C15H15N5O. The molecule has 2 N–H and O–H groups in total. The van der Waals surface area contributed by atoms with Crippen molar-refractivity contribution < 1.29 is 4.79 Å². The molecule has 0 unspecified atom stereocenters. The molecule has 0 atom stereocenters. The molecule has 0 aliphatic carbocycles. The quantitative estimate of drug-likeness (QED) is 0.719. The maximum atomic E-state index is 12.0. The van der Waals surface area contributed by atoms with E-state index >= 15 is 0 Å². The molecule has 0 radical (unpaired) electrons. The van der Waals surface area contributed by atoms with Crippen molar-refractivity contribution in [3.63, 3.8) is 0 Å². The minimum Gasteiger partial charge on any atom is -0.309 e. The molecule has 3 rings (SSSR count). The molecule has 2 heterocycles. The fourth-order valence-electron chi connectivity index (χ4n) is 2.17. The Bertz CT molecular complexity index is 766. The van der Waals surface area contributed by atoms with Crippen molar-refractivity contribution in [2.45, 2.75) is 13.5 Å². The third kappa shape index (κ3) is 2.55. The molecule has 1 amide bonds. The molecular weight excluding hydrogens is 266 g/mol. The molecule has 0 saturated heterocycles. The topological polar surface area (TPSA) is 71.8 Å². The Morgan fingerprint density at radius 3 is 2.86 bits per heavy atom. The van der Waals surface area contributed by atoms with Gasteiger partial charge < -0.3 is 4.57 Å². The lowest BCUT2D eigenvalue weighted by Gasteiger charge is -2.09. The number of carbonyl (C=O) groups excluding carboxylic acids is 1. The number of hydrazine groups is 1. The summed E-state index contributed by atoms with van der Waals surface area (Å²) in [5, 5.41) is 0. The van der Waals surface area contributed by atoms with Gasteiger partial charge in [0.2, 0.25) is 5.95 Å². The smallest absolute Gasteiger partial charge is 0.271 e. The number of fused-ring (bicyclic) bond motifs is 1. The first-order valence-corrected chi connectivity index (χ1v) is 6.71. The number of carbonyl (C=O) groups is 1. The molecule has 0 spiro atoms. The maximum absolute atomic E-state index is 12.0. The van der Waals surface area contributed by atoms with Gasteiger partial charge in [0.1, 0.15) is 0 Å². The second-order valence-electron chi connectivity index (χ2n) is 4.49. The van der Waals surface area contributed by atoms with E-state index in [4.69, 9.17) is 0 Å². The lowest BCUT2D eigenvalue weighted by Crippen LogP contribution is -2.30. The van der Waals surface area contributed by atoms with Crippen LogP contribution in [0.3, 0.4) is 0 Å². The molecule has 106 valence electrons. The highest BCUT2D eigenvalue weighted by Crippen LogP contribution is 2.18. The fourth-order valence-corrected chi connectivity index (χ4v) is 2.17. The van der Waals surface area contributed by atoms with Crippen LogP contribution in [-0.4, -0.2) is 20.4 Å². The van der Waals surface area contributed by atoms with Gasteiger partial charge in [0.25, 0.3) is 5.91 Å². The summed E-state index contributed by atoms with van der Waals surface area (Å²) in [5.41, 5.74) is 7.92. The lowest BCUT2D eigenvalue weighted by atomic mass is 10.3. The molecule has 6 nitrogen and oxygen atoms in total. The predicted octanol–water partition coefficient (Wildman–Crippen LogP) is 2.21. The number of rotatable bonds is 4. The van der Waals surface area contributed by atoms with Gasteiger partial charge in [-0.2, -0.15) is 0 Å². The highest BCUT2D eigenvalue weighted by atomic mass is 16.2. The van der Waals surface area contributed by atoms with Crippen LogP contribution < -0.4 is 10.9 Å². The minimum absolute atomic E-state index is 0.252. The largest absolute Gasteiger partial charge is 0.309 e. The van der Waals surface area contributed by atoms with Crippen LogP contribution in [0.1, 0.15) is 17.3 Å². The average molecular weight is 281 g/mol. The summed E-state index contributed by atoms with van der Waals surface area (Å²) in [6, 6.07) is 11.3. The summed E-state index contributed by atoms with van der Waals surface area (Å²) in [6.45, 7) is 2.79. The van der Waals surface area contributed by atoms with E-state index in [0.29, 0.717) is 11.5 Å². The van der Waals surface area contributed by atoms with Crippen LogP contribution in [0.4, 0.5) is 5.95 Å². The molecule has 2 aromatic heterocycles. The summed E-state index contributed by atoms with van der Waals surface area (Å²) >= 11 is 0. The molecule has 0 saturated carbocycles. The Labute approximate surface area is 121 Å². The molecule has 0 bridgehead atoms. The SMILES string of the molecule is CCn1c(NNC(=O)c2cccnc2)nc2ccccc21. The molecule has 1 aromatic carbocycles. The molecule has 3 aromatic rings. The fraction of sp³-hybridized carbons (Fsp3) is 0.133. The number of aromatic nitrogens is 3. The van der Waals surface area contributed by atoms with Crippen LogP contribution in [0.2, 0.25) is 0 Å². The van der Waals surface area contributed by atoms with Crippen molar-refractivity contribution in [2.75, 3.05) is 5.43 Å². The molecule has 0 aliphatic heterocycles. The number of pyridine rings is 1. The van der Waals surface area contributed by atoms with E-state index in [2.05, 4.69) is 20.8 Å². The standard InChI is InChI=1S/C15H15N5O/c1-2-20-13-8-4-3-7-12(13)17-15(20)19-18-14(21)11-6-5-9-16-10-11/h3-10H,2H2,1H3,(H,17,19)(H,18,21). The van der Waals surface area contributed by atoms with Gasteiger partial charge in [-0.15, -0.1) is 0 Å². The van der Waals surface area contributed by atoms with E-state index in [9.17, 15) is 4.79 Å². The van der Waals surface area contributed by atoms with Crippen LogP contribution in [0.25, 0.3) is 11.0 Å². The first-order chi connectivity index (χ1) is 10.3. The number of imidazole rings is 1. The van der Waals surface area contributed by atoms with Crippen LogP contribution in [0.5, 0.6) is 0 Å². The Morgan fingerprint density at radius 2 is 2.10 bits per heavy atom. The van der Waals surface area contributed by atoms with Gasteiger partial charge in [-0.25, -0.2) is 4.98 Å². The molecule has 0 fully saturated rings. The second kappa shape index (κ2) is 5.62. The van der Waals surface area contributed by atoms with Crippen molar-refractivity contribution in [1.82, 2.24) is 20.0 Å². The number of aryl methyl sites for hydroxylation is 1. The van der Waals surface area contributed by atoms with Crippen LogP contribution in [-0.2, 0) is 6.54 Å². The summed E-state index contributed by atoms with van der Waals surface area (Å²) in [6.07, 6.45) is 3.14. The van der Waals surface area contributed by atoms with Crippen molar-refractivity contribution in [1.29, 1.82) is 0 Å². The third-order valence-corrected chi connectivity index (χ3v) is 3.18. The van der Waals surface area contributed by atoms with E-state index in [1.807, 2.05) is 35.8 Å². The van der Waals surface area contributed by atoms with Crippen LogP contribution >= 0.6 is 0 Å². The Balaban J connectivity index is 1.81. The van der Waals surface area contributed by atoms with Crippen LogP contribution in [0, 0.1) is 0 Å². The zero-order chi connectivity index (χ0) is 14.7. The number of nitrogens with one attached hydrogen (secondary N) is 2.